The molecule has 0 spiro atoms. The molecule has 1 aliphatic rings. The number of aliphatic hydroxyl groups excluding tert-OH is 1. The monoisotopic (exact) mass is 469 g/mol. The van der Waals surface area contributed by atoms with Gasteiger partial charge in [-0.15, -0.1) is 11.3 Å². The lowest BCUT2D eigenvalue weighted by molar-refractivity contribution is -0.140. The van der Waals surface area contributed by atoms with Crippen molar-refractivity contribution in [1.82, 2.24) is 25.3 Å². The van der Waals surface area contributed by atoms with Crippen LogP contribution >= 0.6 is 11.3 Å². The van der Waals surface area contributed by atoms with Gasteiger partial charge in [-0.2, -0.15) is 4.98 Å². The Morgan fingerprint density at radius 3 is 2.67 bits per heavy atom. The molecule has 1 aromatic carbocycles. The summed E-state index contributed by atoms with van der Waals surface area (Å²) in [6, 6.07) is 7.20. The summed E-state index contributed by atoms with van der Waals surface area (Å²) in [5.41, 5.74) is 4.85. The van der Waals surface area contributed by atoms with Crippen molar-refractivity contribution in [3.63, 3.8) is 0 Å². The van der Waals surface area contributed by atoms with Crippen LogP contribution in [-0.2, 0) is 16.1 Å². The molecule has 1 saturated heterocycles. The van der Waals surface area contributed by atoms with Crippen LogP contribution in [0.15, 0.2) is 34.3 Å². The maximum Gasteiger partial charge on any atom is 0.243 e. The molecule has 2 N–H and O–H groups in total. The average molecular weight is 470 g/mol. The molecule has 3 atom stereocenters. The van der Waals surface area contributed by atoms with Gasteiger partial charge in [-0.3, -0.25) is 9.59 Å². The lowest BCUT2D eigenvalue weighted by atomic mass is 10.0. The molecule has 2 amide bonds. The van der Waals surface area contributed by atoms with Crippen LogP contribution in [0.3, 0.4) is 0 Å². The highest BCUT2D eigenvalue weighted by Gasteiger charge is 2.42. The van der Waals surface area contributed by atoms with Gasteiger partial charge in [0.15, 0.2) is 5.82 Å². The number of carbonyl (C=O) groups excluding carboxylic acids is 2. The molecule has 2 aromatic heterocycles. The Bertz CT molecular complexity index is 1130. The number of hydrogen-bond acceptors (Lipinski definition) is 8. The number of thiazole rings is 1. The first-order valence-corrected chi connectivity index (χ1v) is 11.8. The third kappa shape index (κ3) is 4.96. The predicted molar refractivity (Wildman–Crippen MR) is 122 cm³/mol. The molecule has 9 nitrogen and oxygen atoms in total. The van der Waals surface area contributed by atoms with Crippen molar-refractivity contribution in [3.05, 3.63) is 52.7 Å². The molecule has 1 fully saturated rings. The third-order valence-corrected chi connectivity index (χ3v) is 6.82. The van der Waals surface area contributed by atoms with Crippen LogP contribution in [0.2, 0.25) is 0 Å². The van der Waals surface area contributed by atoms with Crippen molar-refractivity contribution in [3.8, 4) is 10.4 Å². The second kappa shape index (κ2) is 9.80. The molecule has 0 bridgehead atoms. The maximum absolute atomic E-state index is 13.2. The number of aryl methyl sites for hydroxylation is 2. The number of aromatic nitrogens is 3. The van der Waals surface area contributed by atoms with Crippen LogP contribution < -0.4 is 5.32 Å². The first kappa shape index (κ1) is 23.1. The zero-order chi connectivity index (χ0) is 23.5. The van der Waals surface area contributed by atoms with E-state index in [-0.39, 0.29) is 30.7 Å². The quantitative estimate of drug-likeness (QED) is 0.545. The van der Waals surface area contributed by atoms with Crippen molar-refractivity contribution >= 4 is 23.2 Å². The average Bonchev–Trinajstić information content (AvgIpc) is 3.53. The van der Waals surface area contributed by atoms with Crippen molar-refractivity contribution in [1.29, 1.82) is 0 Å². The van der Waals surface area contributed by atoms with E-state index in [0.29, 0.717) is 18.8 Å². The second-order valence-corrected chi connectivity index (χ2v) is 9.07. The van der Waals surface area contributed by atoms with E-state index in [2.05, 4.69) is 20.4 Å². The minimum absolute atomic E-state index is 0.101. The first-order chi connectivity index (χ1) is 15.9. The Kier molecular flexibility index (Phi) is 6.85. The molecule has 0 saturated carbocycles. The Morgan fingerprint density at radius 2 is 2.06 bits per heavy atom. The summed E-state index contributed by atoms with van der Waals surface area (Å²) >= 11 is 1.59. The van der Waals surface area contributed by atoms with Gasteiger partial charge in [0.2, 0.25) is 17.7 Å². The molecule has 0 unspecified atom stereocenters. The Morgan fingerprint density at radius 1 is 1.30 bits per heavy atom. The summed E-state index contributed by atoms with van der Waals surface area (Å²) in [6.07, 6.45) is -0.110. The molecule has 33 heavy (non-hydrogen) atoms. The summed E-state index contributed by atoms with van der Waals surface area (Å²) in [5, 5.41) is 16.9. The van der Waals surface area contributed by atoms with Crippen LogP contribution in [0.4, 0.5) is 0 Å². The minimum Gasteiger partial charge on any atom is -0.391 e. The van der Waals surface area contributed by atoms with Crippen LogP contribution in [-0.4, -0.2) is 55.6 Å². The summed E-state index contributed by atoms with van der Waals surface area (Å²) in [7, 11) is 0. The topological polar surface area (TPSA) is 121 Å². The lowest BCUT2D eigenvalue weighted by Crippen LogP contribution is -2.47. The van der Waals surface area contributed by atoms with Gasteiger partial charge in [0.1, 0.15) is 12.0 Å². The van der Waals surface area contributed by atoms with Crippen molar-refractivity contribution in [2.24, 2.45) is 0 Å². The summed E-state index contributed by atoms with van der Waals surface area (Å²) in [4.78, 5) is 37.2. The fourth-order valence-electron chi connectivity index (χ4n) is 4.08. The summed E-state index contributed by atoms with van der Waals surface area (Å²) < 4.78 is 5.19. The van der Waals surface area contributed by atoms with Gasteiger partial charge in [-0.25, -0.2) is 4.98 Å². The smallest absolute Gasteiger partial charge is 0.243 e. The lowest BCUT2D eigenvalue weighted by Gasteiger charge is -2.26. The molecule has 0 radical (unpaired) electrons. The molecule has 1 aliphatic heterocycles. The van der Waals surface area contributed by atoms with E-state index >= 15 is 0 Å². The van der Waals surface area contributed by atoms with Crippen LogP contribution in [0.1, 0.15) is 48.7 Å². The van der Waals surface area contributed by atoms with E-state index < -0.39 is 18.1 Å². The number of rotatable bonds is 7. The standard InChI is InChI=1S/C23H27N5O4S/c1-4-18(22-26-14(3)27-32-22)23(31)28-11-17(29)9-19(28)21(30)24-10-15-5-7-16(8-6-15)20-13(2)25-12-33-20/h5-8,12,17-19,29H,4,9-11H2,1-3H3,(H,24,30)/t17-,18-,19+/m1/s1. The Labute approximate surface area is 195 Å². The highest BCUT2D eigenvalue weighted by molar-refractivity contribution is 7.13. The Balaban J connectivity index is 1.41. The molecular formula is C23H27N5O4S. The highest BCUT2D eigenvalue weighted by Crippen LogP contribution is 2.28. The molecule has 3 aromatic rings. The SMILES string of the molecule is CC[C@@H](C(=O)N1C[C@H](O)C[C@H]1C(=O)NCc1ccc(-c2scnc2C)cc1)c1nc(C)no1. The van der Waals surface area contributed by atoms with E-state index in [1.54, 1.807) is 18.3 Å². The van der Waals surface area contributed by atoms with E-state index in [9.17, 15) is 14.7 Å². The number of nitrogens with zero attached hydrogens (tertiary/aromatic N) is 4. The first-order valence-electron chi connectivity index (χ1n) is 10.9. The largest absolute Gasteiger partial charge is 0.391 e. The van der Waals surface area contributed by atoms with E-state index in [1.807, 2.05) is 43.6 Å². The third-order valence-electron chi connectivity index (χ3n) is 5.84. The van der Waals surface area contributed by atoms with Gasteiger partial charge in [-0.05, 0) is 31.4 Å². The highest BCUT2D eigenvalue weighted by atomic mass is 32.1. The summed E-state index contributed by atoms with van der Waals surface area (Å²) in [5.74, 6) is -0.546. The number of likely N-dealkylation sites (tertiary alicyclic amines) is 1. The number of carbonyl (C=O) groups is 2. The number of benzene rings is 1. The predicted octanol–water partition coefficient (Wildman–Crippen LogP) is 2.58. The van der Waals surface area contributed by atoms with E-state index in [1.165, 1.54) is 4.90 Å². The maximum atomic E-state index is 13.2. The Hall–Kier alpha value is -3.11. The van der Waals surface area contributed by atoms with Gasteiger partial charge in [0.05, 0.1) is 22.2 Å². The number of hydrogen-bond donors (Lipinski definition) is 2. The normalized spacial score (nSPS) is 19.0. The van der Waals surface area contributed by atoms with Crippen molar-refractivity contribution in [2.75, 3.05) is 6.54 Å². The van der Waals surface area contributed by atoms with Gasteiger partial charge in [0, 0.05) is 19.5 Å². The minimum atomic E-state index is -0.756. The van der Waals surface area contributed by atoms with Gasteiger partial charge in [-0.1, -0.05) is 36.3 Å². The van der Waals surface area contributed by atoms with Gasteiger partial charge in [0.25, 0.3) is 0 Å². The molecule has 0 aliphatic carbocycles. The van der Waals surface area contributed by atoms with Crippen molar-refractivity contribution < 1.29 is 19.2 Å². The number of amides is 2. The molecule has 174 valence electrons. The van der Waals surface area contributed by atoms with E-state index in [4.69, 9.17) is 4.52 Å². The fraction of sp³-hybridized carbons (Fsp3) is 0.435. The zero-order valence-electron chi connectivity index (χ0n) is 18.8. The zero-order valence-corrected chi connectivity index (χ0v) is 19.6. The van der Waals surface area contributed by atoms with Crippen LogP contribution in [0.25, 0.3) is 10.4 Å². The summed E-state index contributed by atoms with van der Waals surface area (Å²) in [6.45, 7) is 5.94. The van der Waals surface area contributed by atoms with Crippen LogP contribution in [0, 0.1) is 13.8 Å². The van der Waals surface area contributed by atoms with Gasteiger partial charge < -0.3 is 19.8 Å². The van der Waals surface area contributed by atoms with E-state index in [0.717, 1.165) is 21.7 Å². The number of aliphatic hydroxyl groups is 1. The molecular weight excluding hydrogens is 442 g/mol. The second-order valence-electron chi connectivity index (χ2n) is 8.22. The number of nitrogens with one attached hydrogen (secondary N) is 1. The number of β-amino-alcohol motifs (C(OH)–C–C–N with tert-alkyl or cyclic N) is 1. The van der Waals surface area contributed by atoms with Crippen LogP contribution in [0.5, 0.6) is 0 Å². The molecule has 10 heteroatoms. The fourth-order valence-corrected chi connectivity index (χ4v) is 4.89. The van der Waals surface area contributed by atoms with Crippen molar-refractivity contribution in [2.45, 2.75) is 58.2 Å². The molecule has 3 heterocycles. The van der Waals surface area contributed by atoms with Gasteiger partial charge >= 0.3 is 0 Å². The molecule has 4 rings (SSSR count).